The molecule has 1 aromatic rings. The van der Waals surface area contributed by atoms with Gasteiger partial charge in [0.05, 0.1) is 21.7 Å². The number of allylic oxidation sites excluding steroid dienone is 1. The van der Waals surface area contributed by atoms with E-state index < -0.39 is 6.04 Å². The number of nitrogens with zero attached hydrogens (tertiary/aromatic N) is 1. The molecule has 7 heteroatoms. The molecule has 0 saturated carbocycles. The zero-order valence-corrected chi connectivity index (χ0v) is 14.8. The van der Waals surface area contributed by atoms with Crippen LogP contribution in [0.5, 0.6) is 0 Å². The molecule has 0 saturated heterocycles. The number of hydrogen-bond donors (Lipinski definition) is 2. The van der Waals surface area contributed by atoms with E-state index in [1.165, 1.54) is 0 Å². The lowest BCUT2D eigenvalue weighted by atomic mass is 9.94. The average molecular weight is 356 g/mol. The Kier molecular flexibility index (Phi) is 5.55. The second kappa shape index (κ2) is 7.23. The molecule has 5 nitrogen and oxygen atoms in total. The number of urea groups is 1. The topological polar surface area (TPSA) is 61.4 Å². The Hall–Kier alpha value is -1.72. The Labute approximate surface area is 145 Å². The van der Waals surface area contributed by atoms with Crippen LogP contribution in [0.4, 0.5) is 4.79 Å². The van der Waals surface area contributed by atoms with Crippen molar-refractivity contribution < 1.29 is 9.59 Å². The van der Waals surface area contributed by atoms with Crippen LogP contribution in [0.1, 0.15) is 32.4 Å². The predicted octanol–water partition coefficient (Wildman–Crippen LogP) is 3.49. The summed E-state index contributed by atoms with van der Waals surface area (Å²) in [5.41, 5.74) is 1.59. The largest absolute Gasteiger partial charge is 0.339 e. The maximum atomic E-state index is 12.9. The molecule has 3 amide bonds. The summed E-state index contributed by atoms with van der Waals surface area (Å²) in [4.78, 5) is 26.4. The molecule has 1 aromatic carbocycles. The summed E-state index contributed by atoms with van der Waals surface area (Å²) in [6.45, 7) is 6.69. The normalized spacial score (nSPS) is 17.6. The molecular weight excluding hydrogens is 337 g/mol. The van der Waals surface area contributed by atoms with Crippen molar-refractivity contribution in [3.63, 3.8) is 0 Å². The zero-order chi connectivity index (χ0) is 17.1. The van der Waals surface area contributed by atoms with Crippen LogP contribution < -0.4 is 10.6 Å². The summed E-state index contributed by atoms with van der Waals surface area (Å²) >= 11 is 12.4. The van der Waals surface area contributed by atoms with Crippen LogP contribution >= 0.6 is 23.2 Å². The third-order valence-electron chi connectivity index (χ3n) is 3.84. The van der Waals surface area contributed by atoms with E-state index in [4.69, 9.17) is 23.2 Å². The predicted molar refractivity (Wildman–Crippen MR) is 91.5 cm³/mol. The second-order valence-corrected chi connectivity index (χ2v) is 5.98. The molecule has 0 aliphatic carbocycles. The molecule has 1 atom stereocenters. The fourth-order valence-electron chi connectivity index (χ4n) is 2.64. The average Bonchev–Trinajstić information content (AvgIpc) is 2.50. The van der Waals surface area contributed by atoms with Crippen LogP contribution in [-0.4, -0.2) is 29.9 Å². The van der Waals surface area contributed by atoms with Gasteiger partial charge in [0.25, 0.3) is 5.91 Å². The smallest absolute Gasteiger partial charge is 0.319 e. The Morgan fingerprint density at radius 1 is 1.26 bits per heavy atom. The minimum Gasteiger partial charge on any atom is -0.339 e. The Bertz CT molecular complexity index is 669. The van der Waals surface area contributed by atoms with E-state index in [0.29, 0.717) is 40.0 Å². The highest BCUT2D eigenvalue weighted by atomic mass is 35.5. The number of benzene rings is 1. The molecule has 0 radical (unpaired) electrons. The van der Waals surface area contributed by atoms with Crippen LogP contribution in [0.2, 0.25) is 10.0 Å². The van der Waals surface area contributed by atoms with Gasteiger partial charge in [0.15, 0.2) is 0 Å². The van der Waals surface area contributed by atoms with Crippen molar-refractivity contribution in [3.05, 3.63) is 45.1 Å². The van der Waals surface area contributed by atoms with E-state index in [1.54, 1.807) is 30.0 Å². The zero-order valence-electron chi connectivity index (χ0n) is 13.2. The van der Waals surface area contributed by atoms with E-state index in [9.17, 15) is 9.59 Å². The molecule has 0 bridgehead atoms. The van der Waals surface area contributed by atoms with E-state index in [2.05, 4.69) is 10.6 Å². The second-order valence-electron chi connectivity index (χ2n) is 5.19. The third-order valence-corrected chi connectivity index (χ3v) is 4.68. The summed E-state index contributed by atoms with van der Waals surface area (Å²) in [5.74, 6) is -0.138. The number of carbonyl (C=O) groups excluding carboxylic acids is 2. The van der Waals surface area contributed by atoms with Crippen LogP contribution in [0, 0.1) is 0 Å². The monoisotopic (exact) mass is 355 g/mol. The van der Waals surface area contributed by atoms with Gasteiger partial charge in [-0.15, -0.1) is 0 Å². The van der Waals surface area contributed by atoms with Crippen molar-refractivity contribution >= 4 is 35.1 Å². The number of carbonyl (C=O) groups is 2. The van der Waals surface area contributed by atoms with Gasteiger partial charge in [-0.05, 0) is 32.4 Å². The molecule has 0 spiro atoms. The van der Waals surface area contributed by atoms with Crippen molar-refractivity contribution in [3.8, 4) is 0 Å². The molecule has 1 heterocycles. The van der Waals surface area contributed by atoms with Crippen molar-refractivity contribution in [2.24, 2.45) is 0 Å². The highest BCUT2D eigenvalue weighted by Crippen LogP contribution is 2.35. The van der Waals surface area contributed by atoms with Crippen molar-refractivity contribution in [1.29, 1.82) is 0 Å². The first-order valence-corrected chi connectivity index (χ1v) is 8.17. The quantitative estimate of drug-likeness (QED) is 0.868. The fraction of sp³-hybridized carbons (Fsp3) is 0.375. The maximum absolute atomic E-state index is 12.9. The first-order valence-electron chi connectivity index (χ1n) is 7.42. The first kappa shape index (κ1) is 17.6. The number of likely N-dealkylation sites (N-methyl/N-ethyl adjacent to an activating group) is 1. The van der Waals surface area contributed by atoms with Gasteiger partial charge >= 0.3 is 6.03 Å². The van der Waals surface area contributed by atoms with E-state index in [1.807, 2.05) is 13.8 Å². The molecule has 0 unspecified atom stereocenters. The molecule has 23 heavy (non-hydrogen) atoms. The number of halogens is 2. The van der Waals surface area contributed by atoms with Gasteiger partial charge in [0.1, 0.15) is 0 Å². The van der Waals surface area contributed by atoms with Gasteiger partial charge < -0.3 is 15.5 Å². The molecule has 1 aliphatic rings. The van der Waals surface area contributed by atoms with Crippen molar-refractivity contribution in [2.75, 3.05) is 13.1 Å². The van der Waals surface area contributed by atoms with Gasteiger partial charge in [-0.2, -0.15) is 0 Å². The Balaban J connectivity index is 2.55. The van der Waals surface area contributed by atoms with Crippen molar-refractivity contribution in [1.82, 2.24) is 15.5 Å². The lowest BCUT2D eigenvalue weighted by Gasteiger charge is -2.32. The van der Waals surface area contributed by atoms with Gasteiger partial charge in [-0.1, -0.05) is 35.3 Å². The summed E-state index contributed by atoms with van der Waals surface area (Å²) in [6.07, 6.45) is 0. The SMILES string of the molecule is CCN(CC)C(=O)C1=C(C)NC(=O)N[C@@H]1c1cccc(Cl)c1Cl. The van der Waals surface area contributed by atoms with Crippen LogP contribution in [0.15, 0.2) is 29.5 Å². The van der Waals surface area contributed by atoms with E-state index in [0.717, 1.165) is 0 Å². The molecule has 2 N–H and O–H groups in total. The molecule has 2 rings (SSSR count). The highest BCUT2D eigenvalue weighted by Gasteiger charge is 2.34. The first-order chi connectivity index (χ1) is 10.9. The van der Waals surface area contributed by atoms with Crippen LogP contribution in [-0.2, 0) is 4.79 Å². The van der Waals surface area contributed by atoms with E-state index in [-0.39, 0.29) is 11.9 Å². The summed E-state index contributed by atoms with van der Waals surface area (Å²) in [5, 5.41) is 6.13. The number of rotatable bonds is 4. The standard InChI is InChI=1S/C16H19Cl2N3O2/c1-4-21(5-2)15(22)12-9(3)19-16(23)20-14(12)10-7-6-8-11(17)13(10)18/h6-8,14H,4-5H2,1-3H3,(H2,19,20,23)/t14-/m1/s1. The van der Waals surface area contributed by atoms with Crippen LogP contribution in [0.3, 0.4) is 0 Å². The fourth-order valence-corrected chi connectivity index (χ4v) is 3.05. The molecular formula is C16H19Cl2N3O2. The van der Waals surface area contributed by atoms with Gasteiger partial charge in [-0.3, -0.25) is 4.79 Å². The summed E-state index contributed by atoms with van der Waals surface area (Å²) in [6, 6.07) is 4.15. The third kappa shape index (κ3) is 3.46. The molecule has 1 aliphatic heterocycles. The van der Waals surface area contributed by atoms with Crippen LogP contribution in [0.25, 0.3) is 0 Å². The van der Waals surface area contributed by atoms with Gasteiger partial charge in [0, 0.05) is 18.8 Å². The van der Waals surface area contributed by atoms with Gasteiger partial charge in [-0.25, -0.2) is 4.79 Å². The minimum absolute atomic E-state index is 0.138. The van der Waals surface area contributed by atoms with Gasteiger partial charge in [0.2, 0.25) is 0 Å². The summed E-state index contributed by atoms with van der Waals surface area (Å²) in [7, 11) is 0. The number of amides is 3. The molecule has 0 aromatic heterocycles. The Morgan fingerprint density at radius 2 is 1.91 bits per heavy atom. The highest BCUT2D eigenvalue weighted by molar-refractivity contribution is 6.42. The number of nitrogens with one attached hydrogen (secondary N) is 2. The van der Waals surface area contributed by atoms with E-state index >= 15 is 0 Å². The molecule has 0 fully saturated rings. The maximum Gasteiger partial charge on any atom is 0.319 e. The number of hydrogen-bond acceptors (Lipinski definition) is 2. The summed E-state index contributed by atoms with van der Waals surface area (Å²) < 4.78 is 0. The molecule has 124 valence electrons. The lowest BCUT2D eigenvalue weighted by Crippen LogP contribution is -2.47. The minimum atomic E-state index is -0.636. The lowest BCUT2D eigenvalue weighted by molar-refractivity contribution is -0.127. The Morgan fingerprint density at radius 3 is 2.52 bits per heavy atom. The van der Waals surface area contributed by atoms with Crippen molar-refractivity contribution in [2.45, 2.75) is 26.8 Å².